The lowest BCUT2D eigenvalue weighted by Crippen LogP contribution is -1.90. The van der Waals surface area contributed by atoms with E-state index in [-0.39, 0.29) is 0 Å². The topological polar surface area (TPSA) is 9.23 Å². The number of ether oxygens (including phenoxy) is 1. The maximum atomic E-state index is 5.28. The Morgan fingerprint density at radius 3 is 2.06 bits per heavy atom. The number of hydrogen-bond donors (Lipinski definition) is 0. The second-order valence-electron chi connectivity index (χ2n) is 4.05. The van der Waals surface area contributed by atoms with E-state index in [1.807, 2.05) is 11.3 Å². The van der Waals surface area contributed by atoms with Gasteiger partial charge in [0.2, 0.25) is 0 Å². The molecule has 2 heteroatoms. The molecule has 0 N–H and O–H groups in total. The highest BCUT2D eigenvalue weighted by molar-refractivity contribution is 7.15. The highest BCUT2D eigenvalue weighted by Gasteiger charge is 2.09. The largest absolute Gasteiger partial charge is 0.497 e. The smallest absolute Gasteiger partial charge is 0.119 e. The molecule has 0 radical (unpaired) electrons. The minimum Gasteiger partial charge on any atom is -0.497 e. The molecule has 2 aromatic rings. The first-order valence-electron chi connectivity index (χ1n) is 5.34. The minimum atomic E-state index is 0.937. The van der Waals surface area contributed by atoms with Crippen molar-refractivity contribution in [2.45, 2.75) is 20.8 Å². The zero-order chi connectivity index (χ0) is 11.7. The van der Waals surface area contributed by atoms with Gasteiger partial charge in [0, 0.05) is 9.75 Å². The predicted molar refractivity (Wildman–Crippen MR) is 70.5 cm³/mol. The average molecular weight is 232 g/mol. The molecule has 0 unspecified atom stereocenters. The van der Waals surface area contributed by atoms with Crippen molar-refractivity contribution in [3.63, 3.8) is 0 Å². The molecule has 0 saturated carbocycles. The van der Waals surface area contributed by atoms with Gasteiger partial charge in [-0.15, -0.1) is 11.3 Å². The number of hydrogen-bond acceptors (Lipinski definition) is 2. The summed E-state index contributed by atoms with van der Waals surface area (Å²) in [5, 5.41) is 0. The first-order chi connectivity index (χ1) is 7.61. The van der Waals surface area contributed by atoms with Crippen LogP contribution in [0.4, 0.5) is 0 Å². The van der Waals surface area contributed by atoms with Crippen LogP contribution in [-0.2, 0) is 0 Å². The van der Waals surface area contributed by atoms with Crippen molar-refractivity contribution in [3.05, 3.63) is 40.3 Å². The summed E-state index contributed by atoms with van der Waals surface area (Å²) in [5.74, 6) is 0.937. The van der Waals surface area contributed by atoms with Crippen LogP contribution >= 0.6 is 11.3 Å². The van der Waals surface area contributed by atoms with E-state index in [0.29, 0.717) is 0 Å². The van der Waals surface area contributed by atoms with Gasteiger partial charge in [0.1, 0.15) is 5.75 Å². The maximum Gasteiger partial charge on any atom is 0.119 e. The summed E-state index contributed by atoms with van der Waals surface area (Å²) in [6.07, 6.45) is 0. The van der Waals surface area contributed by atoms with Gasteiger partial charge in [-0.25, -0.2) is 0 Å². The van der Waals surface area contributed by atoms with E-state index in [2.05, 4.69) is 45.0 Å². The van der Waals surface area contributed by atoms with Crippen molar-refractivity contribution in [1.82, 2.24) is 0 Å². The van der Waals surface area contributed by atoms with Gasteiger partial charge in [-0.3, -0.25) is 0 Å². The first-order valence-corrected chi connectivity index (χ1v) is 6.15. The highest BCUT2D eigenvalue weighted by atomic mass is 32.1. The Morgan fingerprint density at radius 2 is 1.62 bits per heavy atom. The third-order valence-corrected chi connectivity index (χ3v) is 3.75. The second-order valence-corrected chi connectivity index (χ2v) is 5.33. The van der Waals surface area contributed by atoms with Crippen LogP contribution in [-0.4, -0.2) is 7.11 Å². The fourth-order valence-corrected chi connectivity index (χ4v) is 3.04. The Kier molecular flexibility index (Phi) is 3.01. The van der Waals surface area contributed by atoms with E-state index in [1.165, 1.54) is 26.4 Å². The van der Waals surface area contributed by atoms with E-state index in [4.69, 9.17) is 4.74 Å². The van der Waals surface area contributed by atoms with Crippen molar-refractivity contribution in [2.75, 3.05) is 7.11 Å². The molecule has 0 aliphatic heterocycles. The van der Waals surface area contributed by atoms with Crippen molar-refractivity contribution in [1.29, 1.82) is 0 Å². The molecule has 2 rings (SSSR count). The normalized spacial score (nSPS) is 10.5. The summed E-state index contributed by atoms with van der Waals surface area (Å²) < 4.78 is 5.28. The van der Waals surface area contributed by atoms with Crippen molar-refractivity contribution in [3.8, 4) is 16.2 Å². The van der Waals surface area contributed by atoms with Crippen LogP contribution in [0.3, 0.4) is 0 Å². The Bertz CT molecular complexity index is 488. The number of aryl methyl sites for hydroxylation is 3. The fraction of sp³-hybridized carbons (Fsp3) is 0.286. The Labute approximate surface area is 101 Å². The van der Waals surface area contributed by atoms with Crippen LogP contribution in [0.2, 0.25) is 0 Å². The molecule has 0 bridgehead atoms. The summed E-state index contributed by atoms with van der Waals surface area (Å²) in [4.78, 5) is 2.69. The molecule has 0 fully saturated rings. The molecule has 0 saturated heterocycles. The van der Waals surface area contributed by atoms with Crippen molar-refractivity contribution in [2.24, 2.45) is 0 Å². The molecule has 1 heterocycles. The summed E-state index contributed by atoms with van der Waals surface area (Å²) in [5.41, 5.74) is 3.90. The van der Waals surface area contributed by atoms with E-state index < -0.39 is 0 Å². The van der Waals surface area contributed by atoms with Crippen LogP contribution in [0.1, 0.15) is 16.0 Å². The number of methoxy groups -OCH3 is 1. The summed E-state index contributed by atoms with van der Waals surface area (Å²) in [6, 6.07) is 8.56. The maximum absolute atomic E-state index is 5.28. The van der Waals surface area contributed by atoms with Gasteiger partial charge >= 0.3 is 0 Å². The third-order valence-electron chi connectivity index (χ3n) is 2.73. The Balaban J connectivity index is 2.57. The van der Waals surface area contributed by atoms with Crippen LogP contribution in [0, 0.1) is 20.8 Å². The molecule has 0 atom stereocenters. The first kappa shape index (κ1) is 11.2. The SMILES string of the molecule is COc1cc(C)c(-c2ccc(C)s2)c(C)c1. The van der Waals surface area contributed by atoms with Crippen LogP contribution in [0.15, 0.2) is 24.3 Å². The van der Waals surface area contributed by atoms with Gasteiger partial charge in [0.15, 0.2) is 0 Å². The molecule has 1 aromatic heterocycles. The summed E-state index contributed by atoms with van der Waals surface area (Å²) in [6.45, 7) is 6.42. The predicted octanol–water partition coefficient (Wildman–Crippen LogP) is 4.35. The van der Waals surface area contributed by atoms with Gasteiger partial charge in [-0.2, -0.15) is 0 Å². The van der Waals surface area contributed by atoms with Crippen molar-refractivity contribution >= 4 is 11.3 Å². The summed E-state index contributed by atoms with van der Waals surface area (Å²) >= 11 is 1.84. The molecule has 16 heavy (non-hydrogen) atoms. The minimum absolute atomic E-state index is 0.937. The third kappa shape index (κ3) is 1.98. The van der Waals surface area contributed by atoms with Gasteiger partial charge in [0.25, 0.3) is 0 Å². The summed E-state index contributed by atoms with van der Waals surface area (Å²) in [7, 11) is 1.71. The molecular weight excluding hydrogens is 216 g/mol. The molecule has 0 aliphatic rings. The van der Waals surface area contributed by atoms with Crippen molar-refractivity contribution < 1.29 is 4.74 Å². The number of rotatable bonds is 2. The monoisotopic (exact) mass is 232 g/mol. The van der Waals surface area contributed by atoms with Gasteiger partial charge in [-0.1, -0.05) is 0 Å². The highest BCUT2D eigenvalue weighted by Crippen LogP contribution is 2.35. The molecule has 0 spiro atoms. The zero-order valence-corrected chi connectivity index (χ0v) is 10.9. The van der Waals surface area contributed by atoms with E-state index in [0.717, 1.165) is 5.75 Å². The Hall–Kier alpha value is -1.28. The molecular formula is C14H16OS. The molecule has 0 amide bonds. The van der Waals surface area contributed by atoms with E-state index in [9.17, 15) is 0 Å². The van der Waals surface area contributed by atoms with Crippen LogP contribution < -0.4 is 4.74 Å². The van der Waals surface area contributed by atoms with Gasteiger partial charge in [0.05, 0.1) is 7.11 Å². The van der Waals surface area contributed by atoms with E-state index in [1.54, 1.807) is 7.11 Å². The number of benzene rings is 1. The fourth-order valence-electron chi connectivity index (χ4n) is 2.00. The number of thiophene rings is 1. The zero-order valence-electron chi connectivity index (χ0n) is 10.1. The molecule has 84 valence electrons. The molecule has 1 aromatic carbocycles. The lowest BCUT2D eigenvalue weighted by atomic mass is 10.0. The standard InChI is InChI=1S/C14H16OS/c1-9-7-12(15-4)8-10(2)14(9)13-6-5-11(3)16-13/h5-8H,1-4H3. The van der Waals surface area contributed by atoms with E-state index >= 15 is 0 Å². The Morgan fingerprint density at radius 1 is 1.00 bits per heavy atom. The van der Waals surface area contributed by atoms with Crippen LogP contribution in [0.25, 0.3) is 10.4 Å². The molecule has 1 nitrogen and oxygen atoms in total. The average Bonchev–Trinajstić information content (AvgIpc) is 2.63. The van der Waals surface area contributed by atoms with Gasteiger partial charge < -0.3 is 4.74 Å². The van der Waals surface area contributed by atoms with Gasteiger partial charge in [-0.05, 0) is 61.7 Å². The lowest BCUT2D eigenvalue weighted by molar-refractivity contribution is 0.414. The second kappa shape index (κ2) is 4.30. The van der Waals surface area contributed by atoms with Crippen LogP contribution in [0.5, 0.6) is 5.75 Å². The molecule has 0 aliphatic carbocycles. The lowest BCUT2D eigenvalue weighted by Gasteiger charge is -2.10. The quantitative estimate of drug-likeness (QED) is 0.748.